The average Bonchev–Trinajstić information content (AvgIpc) is 3.16. The molecule has 2 N–H and O–H groups in total. The van der Waals surface area contributed by atoms with E-state index in [1.165, 1.54) is 0 Å². The van der Waals surface area contributed by atoms with E-state index in [4.69, 9.17) is 9.72 Å². The number of hydrogen-bond donors (Lipinski definition) is 2. The number of nitrogens with one attached hydrogen (secondary N) is 2. The first-order valence-electron chi connectivity index (χ1n) is 8.78. The standard InChI is InChI=1S/C21H16N6O.2ClH/c1-28-14-8-9-16-15(11-14)20(26-19(23-16)13-5-4-10-22-12-13)27-21-24-17-6-2-3-7-18(17)25-21;;/h2-12H,1H3,(H2,23,24,25,26,27);2*1H. The van der Waals surface area contributed by atoms with Gasteiger partial charge >= 0.3 is 0 Å². The van der Waals surface area contributed by atoms with Gasteiger partial charge in [-0.3, -0.25) is 4.98 Å². The van der Waals surface area contributed by atoms with Crippen molar-refractivity contribution in [2.24, 2.45) is 0 Å². The number of H-pyrrole nitrogens is 1. The molecule has 0 aliphatic rings. The molecule has 9 heteroatoms. The van der Waals surface area contributed by atoms with Crippen molar-refractivity contribution in [2.45, 2.75) is 0 Å². The van der Waals surface area contributed by atoms with Crippen molar-refractivity contribution in [1.82, 2.24) is 24.9 Å². The van der Waals surface area contributed by atoms with Crippen LogP contribution in [0.15, 0.2) is 67.0 Å². The second kappa shape index (κ2) is 8.94. The second-order valence-corrected chi connectivity index (χ2v) is 6.25. The maximum atomic E-state index is 5.37. The summed E-state index contributed by atoms with van der Waals surface area (Å²) in [6, 6.07) is 17.4. The molecular weight excluding hydrogens is 423 g/mol. The number of nitrogens with zero attached hydrogens (tertiary/aromatic N) is 4. The Bertz CT molecular complexity index is 1260. The predicted molar refractivity (Wildman–Crippen MR) is 123 cm³/mol. The van der Waals surface area contributed by atoms with Gasteiger partial charge in [0, 0.05) is 23.3 Å². The van der Waals surface area contributed by atoms with Crippen LogP contribution in [0.5, 0.6) is 5.75 Å². The van der Waals surface area contributed by atoms with E-state index in [9.17, 15) is 0 Å². The average molecular weight is 441 g/mol. The lowest BCUT2D eigenvalue weighted by Gasteiger charge is -2.10. The van der Waals surface area contributed by atoms with Crippen LogP contribution in [0.1, 0.15) is 0 Å². The Kier molecular flexibility index (Phi) is 6.34. The summed E-state index contributed by atoms with van der Waals surface area (Å²) >= 11 is 0. The number of rotatable bonds is 4. The Labute approximate surface area is 184 Å². The summed E-state index contributed by atoms with van der Waals surface area (Å²) in [5.74, 6) is 2.57. The van der Waals surface area contributed by atoms with Crippen molar-refractivity contribution in [3.8, 4) is 17.1 Å². The molecule has 0 amide bonds. The van der Waals surface area contributed by atoms with E-state index < -0.39 is 0 Å². The summed E-state index contributed by atoms with van der Waals surface area (Å²) in [7, 11) is 1.64. The molecule has 5 rings (SSSR count). The van der Waals surface area contributed by atoms with Crippen LogP contribution < -0.4 is 10.1 Å². The number of aromatic amines is 1. The number of para-hydroxylation sites is 2. The van der Waals surface area contributed by atoms with Gasteiger partial charge in [-0.15, -0.1) is 24.8 Å². The Morgan fingerprint density at radius 1 is 0.900 bits per heavy atom. The number of pyridine rings is 1. The third-order valence-electron chi connectivity index (χ3n) is 4.45. The topological polar surface area (TPSA) is 88.6 Å². The SMILES string of the molecule is COc1ccc2nc(-c3cccnc3)nc(Nc3nc4ccccc4[nH]3)c2c1.Cl.Cl. The summed E-state index contributed by atoms with van der Waals surface area (Å²) in [4.78, 5) is 21.5. The maximum absolute atomic E-state index is 5.37. The van der Waals surface area contributed by atoms with Crippen LogP contribution in [-0.2, 0) is 0 Å². The zero-order chi connectivity index (χ0) is 18.9. The van der Waals surface area contributed by atoms with E-state index in [0.717, 1.165) is 33.2 Å². The number of benzene rings is 2. The van der Waals surface area contributed by atoms with E-state index in [1.807, 2.05) is 54.6 Å². The molecule has 0 spiro atoms. The van der Waals surface area contributed by atoms with Crippen LogP contribution in [0.25, 0.3) is 33.3 Å². The normalized spacial score (nSPS) is 10.3. The monoisotopic (exact) mass is 440 g/mol. The van der Waals surface area contributed by atoms with Gasteiger partial charge in [0.05, 0.1) is 23.7 Å². The Morgan fingerprint density at radius 3 is 2.53 bits per heavy atom. The van der Waals surface area contributed by atoms with Gasteiger partial charge in [-0.1, -0.05) is 12.1 Å². The highest BCUT2D eigenvalue weighted by Crippen LogP contribution is 2.29. The first-order chi connectivity index (χ1) is 13.8. The van der Waals surface area contributed by atoms with Crippen molar-refractivity contribution in [3.05, 3.63) is 67.0 Å². The molecule has 0 saturated carbocycles. The number of hydrogen-bond acceptors (Lipinski definition) is 6. The summed E-state index contributed by atoms with van der Waals surface area (Å²) in [5.41, 5.74) is 3.47. The zero-order valence-electron chi connectivity index (χ0n) is 15.9. The number of halogens is 2. The molecule has 0 bridgehead atoms. The quantitative estimate of drug-likeness (QED) is 0.400. The van der Waals surface area contributed by atoms with Crippen molar-refractivity contribution >= 4 is 58.5 Å². The number of anilines is 2. The first kappa shape index (κ1) is 21.3. The molecule has 0 radical (unpaired) electrons. The summed E-state index contributed by atoms with van der Waals surface area (Å²) in [6.07, 6.45) is 3.47. The number of ether oxygens (including phenoxy) is 1. The van der Waals surface area contributed by atoms with Crippen LogP contribution in [0.3, 0.4) is 0 Å². The molecule has 5 aromatic rings. The molecular formula is C21H18Cl2N6O. The first-order valence-corrected chi connectivity index (χ1v) is 8.78. The van der Waals surface area contributed by atoms with Crippen molar-refractivity contribution < 1.29 is 4.74 Å². The molecule has 7 nitrogen and oxygen atoms in total. The summed E-state index contributed by atoms with van der Waals surface area (Å²) in [5, 5.41) is 4.14. The van der Waals surface area contributed by atoms with E-state index in [0.29, 0.717) is 17.6 Å². The fourth-order valence-electron chi connectivity index (χ4n) is 3.08. The molecule has 3 aromatic heterocycles. The van der Waals surface area contributed by atoms with Crippen LogP contribution in [0, 0.1) is 0 Å². The van der Waals surface area contributed by atoms with Gasteiger partial charge in [0.2, 0.25) is 5.95 Å². The van der Waals surface area contributed by atoms with E-state index >= 15 is 0 Å². The van der Waals surface area contributed by atoms with Gasteiger partial charge in [0.25, 0.3) is 0 Å². The lowest BCUT2D eigenvalue weighted by atomic mass is 10.2. The molecule has 152 valence electrons. The minimum absolute atomic E-state index is 0. The van der Waals surface area contributed by atoms with Crippen LogP contribution in [0.2, 0.25) is 0 Å². The van der Waals surface area contributed by atoms with Crippen LogP contribution in [-0.4, -0.2) is 32.0 Å². The molecule has 0 aliphatic carbocycles. The number of methoxy groups -OCH3 is 1. The molecule has 0 atom stereocenters. The highest BCUT2D eigenvalue weighted by atomic mass is 35.5. The summed E-state index contributed by atoms with van der Waals surface area (Å²) in [6.45, 7) is 0. The number of imidazole rings is 1. The molecule has 0 saturated heterocycles. The lowest BCUT2D eigenvalue weighted by Crippen LogP contribution is -2.01. The molecule has 2 aromatic carbocycles. The smallest absolute Gasteiger partial charge is 0.206 e. The van der Waals surface area contributed by atoms with Crippen molar-refractivity contribution in [2.75, 3.05) is 12.4 Å². The van der Waals surface area contributed by atoms with E-state index in [-0.39, 0.29) is 24.8 Å². The summed E-state index contributed by atoms with van der Waals surface area (Å²) < 4.78 is 5.37. The minimum Gasteiger partial charge on any atom is -0.497 e. The molecule has 0 unspecified atom stereocenters. The van der Waals surface area contributed by atoms with Crippen LogP contribution in [0.4, 0.5) is 11.8 Å². The molecule has 0 fully saturated rings. The molecule has 3 heterocycles. The fourth-order valence-corrected chi connectivity index (χ4v) is 3.08. The second-order valence-electron chi connectivity index (χ2n) is 6.25. The number of fused-ring (bicyclic) bond motifs is 2. The van der Waals surface area contributed by atoms with Gasteiger partial charge in [-0.2, -0.15) is 0 Å². The van der Waals surface area contributed by atoms with Crippen molar-refractivity contribution in [3.63, 3.8) is 0 Å². The fraction of sp³-hybridized carbons (Fsp3) is 0.0476. The Hall–Kier alpha value is -3.42. The van der Waals surface area contributed by atoms with Gasteiger partial charge in [0.1, 0.15) is 11.6 Å². The van der Waals surface area contributed by atoms with Crippen molar-refractivity contribution in [1.29, 1.82) is 0 Å². The van der Waals surface area contributed by atoms with Gasteiger partial charge in [-0.05, 0) is 42.5 Å². The molecule has 30 heavy (non-hydrogen) atoms. The lowest BCUT2D eigenvalue weighted by molar-refractivity contribution is 0.415. The number of aromatic nitrogens is 5. The van der Waals surface area contributed by atoms with Gasteiger partial charge in [-0.25, -0.2) is 15.0 Å². The highest BCUT2D eigenvalue weighted by Gasteiger charge is 2.12. The largest absolute Gasteiger partial charge is 0.497 e. The third kappa shape index (κ3) is 3.98. The van der Waals surface area contributed by atoms with Gasteiger partial charge < -0.3 is 15.0 Å². The minimum atomic E-state index is 0. The molecule has 0 aliphatic heterocycles. The van der Waals surface area contributed by atoms with Gasteiger partial charge in [0.15, 0.2) is 5.82 Å². The van der Waals surface area contributed by atoms with E-state index in [1.54, 1.807) is 19.5 Å². The Balaban J connectivity index is 0.00000128. The maximum Gasteiger partial charge on any atom is 0.206 e. The third-order valence-corrected chi connectivity index (χ3v) is 4.45. The van der Waals surface area contributed by atoms with Crippen LogP contribution >= 0.6 is 24.8 Å². The predicted octanol–water partition coefficient (Wildman–Crippen LogP) is 5.16. The van der Waals surface area contributed by atoms with E-state index in [2.05, 4.69) is 25.3 Å². The zero-order valence-corrected chi connectivity index (χ0v) is 17.5. The Morgan fingerprint density at radius 2 is 1.77 bits per heavy atom. The highest BCUT2D eigenvalue weighted by molar-refractivity contribution is 5.93.